The molecule has 9 heteroatoms. The van der Waals surface area contributed by atoms with Gasteiger partial charge >= 0.3 is 5.97 Å². The van der Waals surface area contributed by atoms with Gasteiger partial charge in [0.15, 0.2) is 5.13 Å². The Balaban J connectivity index is 1.35. The standard InChI is InChI=1S/C32H32BrN3O4S/c33-25-14-15-28-27(19-25)35-32(41-28)36-31(40)26(23-12-10-22(11-13-23)21-4-2-1-3-5-21)18-20-6-8-24(9-7-20)30(39)34-17-16-29(37)38/h6-15,19,21,26H,1-5,16-18H2,(H,34,39)(H,37,38)(H,35,36,40). The van der Waals surface area contributed by atoms with E-state index in [1.54, 1.807) is 12.1 Å². The molecule has 0 spiro atoms. The van der Waals surface area contributed by atoms with Crippen molar-refractivity contribution < 1.29 is 19.5 Å². The number of carbonyl (C=O) groups excluding carboxylic acids is 2. The fourth-order valence-electron chi connectivity index (χ4n) is 5.36. The second kappa shape index (κ2) is 13.4. The normalized spacial score (nSPS) is 14.5. The van der Waals surface area contributed by atoms with Gasteiger partial charge in [0.2, 0.25) is 5.91 Å². The van der Waals surface area contributed by atoms with Crippen LogP contribution in [0, 0.1) is 0 Å². The topological polar surface area (TPSA) is 108 Å². The largest absolute Gasteiger partial charge is 0.481 e. The molecule has 1 atom stereocenters. The van der Waals surface area contributed by atoms with Crippen molar-refractivity contribution in [2.24, 2.45) is 0 Å². The van der Waals surface area contributed by atoms with Crippen molar-refractivity contribution in [2.75, 3.05) is 11.9 Å². The Kier molecular flexibility index (Phi) is 9.46. The van der Waals surface area contributed by atoms with Crippen LogP contribution in [0.3, 0.4) is 0 Å². The lowest BCUT2D eigenvalue weighted by atomic mass is 9.83. The highest BCUT2D eigenvalue weighted by Gasteiger charge is 2.24. The van der Waals surface area contributed by atoms with Gasteiger partial charge in [0.1, 0.15) is 0 Å². The second-order valence-electron chi connectivity index (χ2n) is 10.5. The third-order valence-electron chi connectivity index (χ3n) is 7.59. The van der Waals surface area contributed by atoms with E-state index in [0.29, 0.717) is 23.0 Å². The molecule has 1 heterocycles. The molecule has 1 unspecified atom stereocenters. The number of carboxylic acid groups (broad SMARTS) is 1. The highest BCUT2D eigenvalue weighted by Crippen LogP contribution is 2.34. The number of amides is 2. The maximum absolute atomic E-state index is 13.7. The van der Waals surface area contributed by atoms with Crippen molar-refractivity contribution in [3.63, 3.8) is 0 Å². The molecule has 41 heavy (non-hydrogen) atoms. The molecule has 1 aliphatic rings. The van der Waals surface area contributed by atoms with Crippen molar-refractivity contribution >= 4 is 60.4 Å². The van der Waals surface area contributed by atoms with E-state index < -0.39 is 11.9 Å². The first-order valence-electron chi connectivity index (χ1n) is 13.9. The number of anilines is 1. The maximum Gasteiger partial charge on any atom is 0.305 e. The number of fused-ring (bicyclic) bond motifs is 1. The monoisotopic (exact) mass is 633 g/mol. The average Bonchev–Trinajstić information content (AvgIpc) is 3.37. The third-order valence-corrected chi connectivity index (χ3v) is 9.04. The molecule has 2 amide bonds. The number of hydrogen-bond acceptors (Lipinski definition) is 5. The van der Waals surface area contributed by atoms with Crippen LogP contribution in [-0.2, 0) is 16.0 Å². The predicted octanol–water partition coefficient (Wildman–Crippen LogP) is 7.28. The second-order valence-corrected chi connectivity index (χ2v) is 12.4. The Morgan fingerprint density at radius 3 is 2.41 bits per heavy atom. The molecule has 1 fully saturated rings. The summed E-state index contributed by atoms with van der Waals surface area (Å²) in [5.41, 5.74) is 4.45. The maximum atomic E-state index is 13.7. The van der Waals surface area contributed by atoms with Crippen LogP contribution in [0.1, 0.15) is 77.4 Å². The number of thiazole rings is 1. The minimum Gasteiger partial charge on any atom is -0.481 e. The number of carbonyl (C=O) groups is 3. The minimum atomic E-state index is -0.963. The highest BCUT2D eigenvalue weighted by molar-refractivity contribution is 9.10. The van der Waals surface area contributed by atoms with Crippen LogP contribution in [0.25, 0.3) is 10.2 Å². The highest BCUT2D eigenvalue weighted by atomic mass is 79.9. The number of nitrogens with one attached hydrogen (secondary N) is 2. The van der Waals surface area contributed by atoms with E-state index in [-0.39, 0.29) is 24.8 Å². The number of rotatable bonds is 10. The quantitative estimate of drug-likeness (QED) is 0.170. The molecule has 1 saturated carbocycles. The zero-order chi connectivity index (χ0) is 28.8. The lowest BCUT2D eigenvalue weighted by Crippen LogP contribution is -2.26. The van der Waals surface area contributed by atoms with Gasteiger partial charge in [-0.25, -0.2) is 4.98 Å². The molecular weight excluding hydrogens is 602 g/mol. The number of aromatic nitrogens is 1. The van der Waals surface area contributed by atoms with Crippen LogP contribution in [0.5, 0.6) is 0 Å². The average molecular weight is 635 g/mol. The lowest BCUT2D eigenvalue weighted by molar-refractivity contribution is -0.136. The number of benzene rings is 3. The van der Waals surface area contributed by atoms with Crippen molar-refractivity contribution in [1.29, 1.82) is 0 Å². The lowest BCUT2D eigenvalue weighted by Gasteiger charge is -2.23. The van der Waals surface area contributed by atoms with Gasteiger partial charge in [-0.3, -0.25) is 14.4 Å². The van der Waals surface area contributed by atoms with Crippen molar-refractivity contribution in [3.8, 4) is 0 Å². The number of carboxylic acids is 1. The Labute approximate surface area is 251 Å². The van der Waals surface area contributed by atoms with Gasteiger partial charge in [-0.1, -0.05) is 82.9 Å². The van der Waals surface area contributed by atoms with Crippen molar-refractivity contribution in [3.05, 3.63) is 93.5 Å². The van der Waals surface area contributed by atoms with E-state index in [1.165, 1.54) is 49.0 Å². The van der Waals surface area contributed by atoms with E-state index in [1.807, 2.05) is 30.3 Å². The van der Waals surface area contributed by atoms with Gasteiger partial charge in [0, 0.05) is 16.6 Å². The van der Waals surface area contributed by atoms with E-state index >= 15 is 0 Å². The molecule has 4 aromatic rings. The number of hydrogen-bond donors (Lipinski definition) is 3. The first kappa shape index (κ1) is 29.0. The smallest absolute Gasteiger partial charge is 0.305 e. The zero-order valence-corrected chi connectivity index (χ0v) is 25.0. The first-order chi connectivity index (χ1) is 19.9. The minimum absolute atomic E-state index is 0.0672. The van der Waals surface area contributed by atoms with E-state index in [4.69, 9.17) is 5.11 Å². The van der Waals surface area contributed by atoms with Gasteiger partial charge < -0.3 is 15.7 Å². The summed E-state index contributed by atoms with van der Waals surface area (Å²) >= 11 is 4.92. The summed E-state index contributed by atoms with van der Waals surface area (Å²) in [6.07, 6.45) is 6.59. The van der Waals surface area contributed by atoms with Crippen LogP contribution < -0.4 is 10.6 Å². The van der Waals surface area contributed by atoms with E-state index in [2.05, 4.69) is 55.8 Å². The molecule has 1 aromatic heterocycles. The molecule has 3 aromatic carbocycles. The summed E-state index contributed by atoms with van der Waals surface area (Å²) < 4.78 is 1.93. The van der Waals surface area contributed by atoms with Gasteiger partial charge in [-0.15, -0.1) is 0 Å². The van der Waals surface area contributed by atoms with Crippen molar-refractivity contribution in [1.82, 2.24) is 10.3 Å². The summed E-state index contributed by atoms with van der Waals surface area (Å²) in [7, 11) is 0. The van der Waals surface area contributed by atoms with Crippen molar-refractivity contribution in [2.45, 2.75) is 56.8 Å². The fourth-order valence-corrected chi connectivity index (χ4v) is 6.56. The zero-order valence-electron chi connectivity index (χ0n) is 22.6. The Morgan fingerprint density at radius 1 is 0.976 bits per heavy atom. The van der Waals surface area contributed by atoms with Gasteiger partial charge in [-0.05, 0) is 72.2 Å². The molecule has 3 N–H and O–H groups in total. The predicted molar refractivity (Wildman–Crippen MR) is 166 cm³/mol. The molecule has 212 valence electrons. The van der Waals surface area contributed by atoms with Crippen LogP contribution >= 0.6 is 27.3 Å². The number of aliphatic carboxylic acids is 1. The number of halogens is 1. The Morgan fingerprint density at radius 2 is 1.71 bits per heavy atom. The van der Waals surface area contributed by atoms with Crippen LogP contribution in [-0.4, -0.2) is 34.4 Å². The fraction of sp³-hybridized carbons (Fsp3) is 0.312. The van der Waals surface area contributed by atoms with E-state index in [0.717, 1.165) is 25.8 Å². The summed E-state index contributed by atoms with van der Waals surface area (Å²) in [5, 5.41) is 15.0. The van der Waals surface area contributed by atoms with Crippen LogP contribution in [0.4, 0.5) is 5.13 Å². The number of nitrogens with zero attached hydrogens (tertiary/aromatic N) is 1. The summed E-state index contributed by atoms with van der Waals surface area (Å²) in [6, 6.07) is 21.5. The third kappa shape index (κ3) is 7.59. The summed E-state index contributed by atoms with van der Waals surface area (Å²) in [6.45, 7) is 0.0672. The Hall–Kier alpha value is -3.56. The SMILES string of the molecule is O=C(O)CCNC(=O)c1ccc(CC(C(=O)Nc2nc3cc(Br)ccc3s2)c2ccc(C3CCCCC3)cc2)cc1. The van der Waals surface area contributed by atoms with Gasteiger partial charge in [0.25, 0.3) is 5.91 Å². The molecule has 5 rings (SSSR count). The van der Waals surface area contributed by atoms with Crippen LogP contribution in [0.2, 0.25) is 0 Å². The molecule has 0 aliphatic heterocycles. The molecule has 0 bridgehead atoms. The molecule has 0 saturated heterocycles. The molecule has 1 aliphatic carbocycles. The molecule has 7 nitrogen and oxygen atoms in total. The van der Waals surface area contributed by atoms with Gasteiger partial charge in [-0.2, -0.15) is 0 Å². The van der Waals surface area contributed by atoms with Gasteiger partial charge in [0.05, 0.1) is 22.6 Å². The summed E-state index contributed by atoms with van der Waals surface area (Å²) in [5.74, 6) is -1.29. The van der Waals surface area contributed by atoms with Crippen LogP contribution in [0.15, 0.2) is 71.2 Å². The molecule has 0 radical (unpaired) electrons. The first-order valence-corrected chi connectivity index (χ1v) is 15.5. The molecular formula is C32H32BrN3O4S. The summed E-state index contributed by atoms with van der Waals surface area (Å²) in [4.78, 5) is 41.4. The Bertz CT molecular complexity index is 1530. The van der Waals surface area contributed by atoms with E-state index in [9.17, 15) is 14.4 Å².